The van der Waals surface area contributed by atoms with E-state index in [1.165, 1.54) is 12.1 Å². The second-order valence-electron chi connectivity index (χ2n) is 4.36. The lowest BCUT2D eigenvalue weighted by molar-refractivity contribution is 0.392. The van der Waals surface area contributed by atoms with Gasteiger partial charge in [0.2, 0.25) is 5.88 Å². The predicted molar refractivity (Wildman–Crippen MR) is 76.6 cm³/mol. The molecule has 1 aromatic heterocycles. The number of hydrogen-bond acceptors (Lipinski definition) is 5. The number of phenolic OH excluding ortho intramolecular Hbond substituents is 1. The van der Waals surface area contributed by atoms with Gasteiger partial charge in [0.25, 0.3) is 0 Å². The number of pyridine rings is 1. The number of hydrogen-bond donors (Lipinski definition) is 3. The van der Waals surface area contributed by atoms with E-state index in [9.17, 15) is 18.6 Å². The fourth-order valence-corrected chi connectivity index (χ4v) is 3.06. The minimum atomic E-state index is -3.95. The largest absolute Gasteiger partial charge is 0.506 e. The lowest BCUT2D eigenvalue weighted by Gasteiger charge is -2.16. The van der Waals surface area contributed by atoms with E-state index in [0.29, 0.717) is 5.56 Å². The Morgan fingerprint density at radius 2 is 1.95 bits per heavy atom. The monoisotopic (exact) mass is 305 g/mol. The minimum Gasteiger partial charge on any atom is -0.506 e. The molecular formula is C13H11N3O4S. The predicted octanol–water partition coefficient (Wildman–Crippen LogP) is 1.47. The lowest BCUT2D eigenvalue weighted by Crippen LogP contribution is -2.29. The van der Waals surface area contributed by atoms with Gasteiger partial charge in [-0.2, -0.15) is 8.42 Å². The van der Waals surface area contributed by atoms with Gasteiger partial charge in [-0.05, 0) is 23.8 Å². The molecule has 0 amide bonds. The van der Waals surface area contributed by atoms with Crippen molar-refractivity contribution in [2.75, 3.05) is 4.31 Å². The Morgan fingerprint density at radius 3 is 2.57 bits per heavy atom. The third-order valence-corrected chi connectivity index (χ3v) is 4.23. The maximum Gasteiger partial charge on any atom is 0.330 e. The van der Waals surface area contributed by atoms with E-state index in [1.807, 2.05) is 10.8 Å². The Kier molecular flexibility index (Phi) is 2.95. The van der Waals surface area contributed by atoms with Crippen molar-refractivity contribution in [2.45, 2.75) is 0 Å². The second-order valence-corrected chi connectivity index (χ2v) is 5.91. The number of nitrogens with one attached hydrogen (secondary N) is 1. The zero-order chi connectivity index (χ0) is 15.0. The first-order chi connectivity index (χ1) is 9.97. The van der Waals surface area contributed by atoms with Crippen molar-refractivity contribution in [2.24, 2.45) is 0 Å². The van der Waals surface area contributed by atoms with Crippen LogP contribution in [-0.2, 0) is 10.2 Å². The summed E-state index contributed by atoms with van der Waals surface area (Å²) >= 11 is 0. The fourth-order valence-electron chi connectivity index (χ4n) is 2.00. The number of aromatic nitrogens is 1. The highest BCUT2D eigenvalue weighted by molar-refractivity contribution is 7.91. The van der Waals surface area contributed by atoms with Gasteiger partial charge in [-0.3, -0.25) is 4.98 Å². The van der Waals surface area contributed by atoms with Gasteiger partial charge in [-0.15, -0.1) is 0 Å². The number of benzene rings is 1. The summed E-state index contributed by atoms with van der Waals surface area (Å²) in [6.45, 7) is 0. The summed E-state index contributed by atoms with van der Waals surface area (Å²) < 4.78 is 26.4. The Balaban J connectivity index is 2.12. The maximum absolute atomic E-state index is 11.9. The third-order valence-electron chi connectivity index (χ3n) is 2.94. The molecule has 7 nitrogen and oxygen atoms in total. The third kappa shape index (κ3) is 2.36. The van der Waals surface area contributed by atoms with Crippen molar-refractivity contribution in [1.29, 1.82) is 0 Å². The molecule has 0 saturated carbocycles. The molecule has 8 heteroatoms. The van der Waals surface area contributed by atoms with Crippen molar-refractivity contribution < 1.29 is 18.6 Å². The van der Waals surface area contributed by atoms with Crippen LogP contribution in [0.2, 0.25) is 0 Å². The highest BCUT2D eigenvalue weighted by atomic mass is 32.2. The number of phenols is 1. The van der Waals surface area contributed by atoms with Gasteiger partial charge in [0.05, 0.1) is 6.20 Å². The van der Waals surface area contributed by atoms with Crippen LogP contribution in [0.4, 0.5) is 5.69 Å². The zero-order valence-corrected chi connectivity index (χ0v) is 11.4. The van der Waals surface area contributed by atoms with Crippen LogP contribution in [0.25, 0.3) is 11.1 Å². The first kappa shape index (κ1) is 13.3. The Labute approximate surface area is 121 Å². The molecule has 3 N–H and O–H groups in total. The molecule has 21 heavy (non-hydrogen) atoms. The summed E-state index contributed by atoms with van der Waals surface area (Å²) in [5.74, 6) is -0.736. The molecule has 2 heterocycles. The molecule has 0 saturated heterocycles. The summed E-state index contributed by atoms with van der Waals surface area (Å²) in [5.41, 5.74) is 1.50. The van der Waals surface area contributed by atoms with Crippen molar-refractivity contribution in [3.63, 3.8) is 0 Å². The molecule has 0 bridgehead atoms. The normalized spacial score (nSPS) is 16.4. The minimum absolute atomic E-state index is 0.0351. The van der Waals surface area contributed by atoms with Crippen molar-refractivity contribution in [1.82, 2.24) is 9.71 Å². The van der Waals surface area contributed by atoms with E-state index in [1.54, 1.807) is 24.5 Å². The summed E-state index contributed by atoms with van der Waals surface area (Å²) in [7, 11) is -3.95. The molecule has 3 rings (SSSR count). The van der Waals surface area contributed by atoms with Crippen LogP contribution < -0.4 is 9.03 Å². The standard InChI is InChI=1S/C13H11N3O4S/c17-12-4-3-9(10-2-1-5-14-7-10)6-11(12)16-8-13(18)15-21(16,19)20/h1-8,15,17-18H. The van der Waals surface area contributed by atoms with Crippen LogP contribution in [0.15, 0.2) is 54.8 Å². The van der Waals surface area contributed by atoms with Crippen LogP contribution in [0.1, 0.15) is 0 Å². The molecule has 0 unspecified atom stereocenters. The highest BCUT2D eigenvalue weighted by Crippen LogP contribution is 2.35. The summed E-state index contributed by atoms with van der Waals surface area (Å²) in [5, 5.41) is 19.2. The van der Waals surface area contributed by atoms with Crippen LogP contribution >= 0.6 is 0 Å². The van der Waals surface area contributed by atoms with Gasteiger partial charge in [-0.25, -0.2) is 9.03 Å². The Hall–Kier alpha value is -2.74. The molecule has 0 atom stereocenters. The maximum atomic E-state index is 11.9. The average molecular weight is 305 g/mol. The van der Waals surface area contributed by atoms with Crippen LogP contribution in [0.3, 0.4) is 0 Å². The van der Waals surface area contributed by atoms with E-state index in [0.717, 1.165) is 16.1 Å². The van der Waals surface area contributed by atoms with Crippen LogP contribution in [0, 0.1) is 0 Å². The molecule has 0 aliphatic carbocycles. The van der Waals surface area contributed by atoms with E-state index in [-0.39, 0.29) is 11.4 Å². The molecular weight excluding hydrogens is 294 g/mol. The molecule has 1 aliphatic heterocycles. The number of anilines is 1. The van der Waals surface area contributed by atoms with Gasteiger partial charge in [0.1, 0.15) is 11.4 Å². The summed E-state index contributed by atoms with van der Waals surface area (Å²) in [6, 6.07) is 8.10. The SMILES string of the molecule is O=S1(=O)NC(O)=CN1c1cc(-c2cccnc2)ccc1O. The summed E-state index contributed by atoms with van der Waals surface area (Å²) in [6.07, 6.45) is 4.23. The van der Waals surface area contributed by atoms with E-state index in [2.05, 4.69) is 4.98 Å². The molecule has 1 aromatic carbocycles. The molecule has 108 valence electrons. The first-order valence-corrected chi connectivity index (χ1v) is 7.38. The molecule has 2 aromatic rings. The molecule has 0 spiro atoms. The van der Waals surface area contributed by atoms with Gasteiger partial charge < -0.3 is 10.2 Å². The quantitative estimate of drug-likeness (QED) is 0.779. The Morgan fingerprint density at radius 1 is 1.14 bits per heavy atom. The number of aromatic hydroxyl groups is 1. The fraction of sp³-hybridized carbons (Fsp3) is 0. The van der Waals surface area contributed by atoms with Crippen LogP contribution in [-0.4, -0.2) is 23.6 Å². The molecule has 0 radical (unpaired) electrons. The summed E-state index contributed by atoms with van der Waals surface area (Å²) in [4.78, 5) is 3.99. The smallest absolute Gasteiger partial charge is 0.330 e. The van der Waals surface area contributed by atoms with Gasteiger partial charge in [-0.1, -0.05) is 12.1 Å². The number of nitrogens with zero attached hydrogens (tertiary/aromatic N) is 2. The zero-order valence-electron chi connectivity index (χ0n) is 10.6. The highest BCUT2D eigenvalue weighted by Gasteiger charge is 2.30. The van der Waals surface area contributed by atoms with Crippen molar-refractivity contribution in [3.8, 4) is 16.9 Å². The van der Waals surface area contributed by atoms with Crippen LogP contribution in [0.5, 0.6) is 5.75 Å². The Bertz CT molecular complexity index is 819. The topological polar surface area (TPSA) is 103 Å². The molecule has 1 aliphatic rings. The average Bonchev–Trinajstić information content (AvgIpc) is 2.73. The van der Waals surface area contributed by atoms with Gasteiger partial charge in [0.15, 0.2) is 0 Å². The lowest BCUT2D eigenvalue weighted by atomic mass is 10.1. The molecule has 0 fully saturated rings. The van der Waals surface area contributed by atoms with E-state index in [4.69, 9.17) is 0 Å². The number of aliphatic hydroxyl groups excluding tert-OH is 1. The van der Waals surface area contributed by atoms with E-state index >= 15 is 0 Å². The van der Waals surface area contributed by atoms with Gasteiger partial charge in [0, 0.05) is 18.0 Å². The van der Waals surface area contributed by atoms with E-state index < -0.39 is 16.1 Å². The first-order valence-electron chi connectivity index (χ1n) is 5.94. The van der Waals surface area contributed by atoms with Crippen molar-refractivity contribution >= 4 is 15.9 Å². The second kappa shape index (κ2) is 4.67. The van der Waals surface area contributed by atoms with Crippen molar-refractivity contribution in [3.05, 3.63) is 54.8 Å². The van der Waals surface area contributed by atoms with Gasteiger partial charge >= 0.3 is 10.2 Å². The number of rotatable bonds is 2. The number of aliphatic hydroxyl groups is 1.